The number of hydrogen-bond donors (Lipinski definition) is 4. The van der Waals surface area contributed by atoms with Gasteiger partial charge in [-0.05, 0) is 42.3 Å². The van der Waals surface area contributed by atoms with E-state index in [9.17, 15) is 15.0 Å². The van der Waals surface area contributed by atoms with Crippen LogP contribution < -0.4 is 10.6 Å². The first-order valence-corrected chi connectivity index (χ1v) is 6.33. The molecule has 4 N–H and O–H groups in total. The zero-order valence-corrected chi connectivity index (χ0v) is 10.7. The molecule has 0 fully saturated rings. The van der Waals surface area contributed by atoms with Crippen LogP contribution in [0.4, 0.5) is 11.4 Å². The standard InChI is InChI=1S/C15H14N2O3/c18-12-6-10(7-13(19)8-12)15(20)17-11-1-2-14-9(5-11)3-4-16-14/h1-2,5-8,16,18-19H,3-4H2,(H,17,20). The number of benzene rings is 2. The molecule has 20 heavy (non-hydrogen) atoms. The number of amides is 1. The molecule has 1 aliphatic rings. The summed E-state index contributed by atoms with van der Waals surface area (Å²) in [4.78, 5) is 12.1. The third-order valence-corrected chi connectivity index (χ3v) is 3.24. The predicted octanol–water partition coefficient (Wildman–Crippen LogP) is 2.32. The van der Waals surface area contributed by atoms with Crippen molar-refractivity contribution in [3.63, 3.8) is 0 Å². The van der Waals surface area contributed by atoms with Gasteiger partial charge in [0.15, 0.2) is 0 Å². The molecule has 0 saturated heterocycles. The van der Waals surface area contributed by atoms with Crippen molar-refractivity contribution in [3.8, 4) is 11.5 Å². The quantitative estimate of drug-likeness (QED) is 0.675. The van der Waals surface area contributed by atoms with Crippen LogP contribution in [0.25, 0.3) is 0 Å². The molecule has 0 radical (unpaired) electrons. The van der Waals surface area contributed by atoms with E-state index in [1.807, 2.05) is 18.2 Å². The molecule has 0 spiro atoms. The molecule has 1 heterocycles. The van der Waals surface area contributed by atoms with Gasteiger partial charge in [0.05, 0.1) is 0 Å². The topological polar surface area (TPSA) is 81.6 Å². The molecule has 0 saturated carbocycles. The van der Waals surface area contributed by atoms with E-state index in [0.717, 1.165) is 18.7 Å². The minimum absolute atomic E-state index is 0.145. The number of fused-ring (bicyclic) bond motifs is 1. The van der Waals surface area contributed by atoms with Crippen molar-refractivity contribution >= 4 is 17.3 Å². The molecule has 0 atom stereocenters. The van der Waals surface area contributed by atoms with Gasteiger partial charge in [-0.15, -0.1) is 0 Å². The number of carbonyl (C=O) groups is 1. The first kappa shape index (κ1) is 12.3. The van der Waals surface area contributed by atoms with Crippen molar-refractivity contribution in [1.29, 1.82) is 0 Å². The molecular weight excluding hydrogens is 256 g/mol. The highest BCUT2D eigenvalue weighted by Gasteiger charge is 2.13. The number of hydrogen-bond acceptors (Lipinski definition) is 4. The van der Waals surface area contributed by atoms with Crippen LogP contribution in [0, 0.1) is 0 Å². The van der Waals surface area contributed by atoms with E-state index < -0.39 is 0 Å². The second-order valence-electron chi connectivity index (χ2n) is 4.74. The van der Waals surface area contributed by atoms with E-state index in [0.29, 0.717) is 5.69 Å². The van der Waals surface area contributed by atoms with E-state index in [4.69, 9.17) is 0 Å². The molecule has 2 aromatic rings. The third-order valence-electron chi connectivity index (χ3n) is 3.24. The summed E-state index contributed by atoms with van der Waals surface area (Å²) in [5, 5.41) is 24.8. The molecule has 102 valence electrons. The van der Waals surface area contributed by atoms with Crippen LogP contribution in [0.3, 0.4) is 0 Å². The first-order chi connectivity index (χ1) is 9.61. The van der Waals surface area contributed by atoms with Gasteiger partial charge < -0.3 is 20.8 Å². The average molecular weight is 270 g/mol. The minimum Gasteiger partial charge on any atom is -0.508 e. The molecule has 0 unspecified atom stereocenters. The van der Waals surface area contributed by atoms with Gasteiger partial charge in [0, 0.05) is 29.5 Å². The number of phenols is 2. The number of nitrogens with one attached hydrogen (secondary N) is 2. The SMILES string of the molecule is O=C(Nc1ccc2c(c1)CCN2)c1cc(O)cc(O)c1. The molecule has 2 aromatic carbocycles. The Balaban J connectivity index is 1.82. The highest BCUT2D eigenvalue weighted by molar-refractivity contribution is 6.05. The number of rotatable bonds is 2. The van der Waals surface area contributed by atoms with Crippen LogP contribution in [0.1, 0.15) is 15.9 Å². The Hall–Kier alpha value is -2.69. The van der Waals surface area contributed by atoms with Gasteiger partial charge in [-0.1, -0.05) is 0 Å². The van der Waals surface area contributed by atoms with Crippen LogP contribution in [-0.4, -0.2) is 22.7 Å². The summed E-state index contributed by atoms with van der Waals surface area (Å²) in [6, 6.07) is 9.47. The molecule has 5 heteroatoms. The lowest BCUT2D eigenvalue weighted by Crippen LogP contribution is -2.11. The zero-order chi connectivity index (χ0) is 14.1. The molecule has 1 amide bonds. The first-order valence-electron chi connectivity index (χ1n) is 6.33. The molecule has 1 aliphatic heterocycles. The number of anilines is 2. The lowest BCUT2D eigenvalue weighted by Gasteiger charge is -2.08. The Morgan fingerprint density at radius 2 is 1.85 bits per heavy atom. The predicted molar refractivity (Wildman–Crippen MR) is 76.4 cm³/mol. The lowest BCUT2D eigenvalue weighted by molar-refractivity contribution is 0.102. The van der Waals surface area contributed by atoms with Gasteiger partial charge in [-0.25, -0.2) is 0 Å². The van der Waals surface area contributed by atoms with Gasteiger partial charge in [0.2, 0.25) is 0 Å². The normalized spacial score (nSPS) is 12.6. The Morgan fingerprint density at radius 1 is 1.10 bits per heavy atom. The van der Waals surface area contributed by atoms with Crippen LogP contribution in [0.2, 0.25) is 0 Å². The Kier molecular flexibility index (Phi) is 2.95. The minimum atomic E-state index is -0.373. The fraction of sp³-hybridized carbons (Fsp3) is 0.133. The largest absolute Gasteiger partial charge is 0.508 e. The van der Waals surface area contributed by atoms with E-state index in [2.05, 4.69) is 10.6 Å². The van der Waals surface area contributed by atoms with Crippen LogP contribution in [0.15, 0.2) is 36.4 Å². The van der Waals surface area contributed by atoms with Crippen LogP contribution >= 0.6 is 0 Å². The smallest absolute Gasteiger partial charge is 0.255 e. The summed E-state index contributed by atoms with van der Waals surface area (Å²) in [7, 11) is 0. The van der Waals surface area contributed by atoms with Crippen molar-refractivity contribution in [1.82, 2.24) is 0 Å². The zero-order valence-electron chi connectivity index (χ0n) is 10.7. The third kappa shape index (κ3) is 2.38. The van der Waals surface area contributed by atoms with Crippen molar-refractivity contribution in [2.45, 2.75) is 6.42 Å². The number of phenolic OH excluding ortho intramolecular Hbond substituents is 2. The van der Waals surface area contributed by atoms with Gasteiger partial charge in [0.1, 0.15) is 11.5 Å². The molecule has 3 rings (SSSR count). The summed E-state index contributed by atoms with van der Waals surface area (Å²) in [5.41, 5.74) is 3.17. The highest BCUT2D eigenvalue weighted by atomic mass is 16.3. The fourth-order valence-corrected chi connectivity index (χ4v) is 2.31. The average Bonchev–Trinajstić information content (AvgIpc) is 2.85. The number of carbonyl (C=O) groups excluding carboxylic acids is 1. The van der Waals surface area contributed by atoms with Gasteiger partial charge in [-0.2, -0.15) is 0 Å². The van der Waals surface area contributed by atoms with Crippen molar-refractivity contribution in [2.24, 2.45) is 0 Å². The Morgan fingerprint density at radius 3 is 2.60 bits per heavy atom. The lowest BCUT2D eigenvalue weighted by atomic mass is 10.1. The maximum atomic E-state index is 12.1. The Bertz CT molecular complexity index is 663. The maximum Gasteiger partial charge on any atom is 0.255 e. The van der Waals surface area contributed by atoms with Crippen LogP contribution in [0.5, 0.6) is 11.5 Å². The van der Waals surface area contributed by atoms with Crippen molar-refractivity contribution in [3.05, 3.63) is 47.5 Å². The van der Waals surface area contributed by atoms with Gasteiger partial charge >= 0.3 is 0 Å². The second kappa shape index (κ2) is 4.77. The molecule has 0 aliphatic carbocycles. The highest BCUT2D eigenvalue weighted by Crippen LogP contribution is 2.26. The van der Waals surface area contributed by atoms with Gasteiger partial charge in [0.25, 0.3) is 5.91 Å². The van der Waals surface area contributed by atoms with E-state index >= 15 is 0 Å². The fourth-order valence-electron chi connectivity index (χ4n) is 2.31. The molecule has 5 nitrogen and oxygen atoms in total. The molecule has 0 aromatic heterocycles. The van der Waals surface area contributed by atoms with Crippen LogP contribution in [-0.2, 0) is 6.42 Å². The monoisotopic (exact) mass is 270 g/mol. The number of aromatic hydroxyl groups is 2. The Labute approximate surface area is 115 Å². The molecular formula is C15H14N2O3. The molecule has 0 bridgehead atoms. The van der Waals surface area contributed by atoms with E-state index in [1.54, 1.807) is 0 Å². The van der Waals surface area contributed by atoms with Crippen molar-refractivity contribution < 1.29 is 15.0 Å². The summed E-state index contributed by atoms with van der Waals surface area (Å²) < 4.78 is 0. The summed E-state index contributed by atoms with van der Waals surface area (Å²) in [5.74, 6) is -0.663. The second-order valence-corrected chi connectivity index (χ2v) is 4.74. The van der Waals surface area contributed by atoms with Crippen molar-refractivity contribution in [2.75, 3.05) is 17.2 Å². The summed E-state index contributed by atoms with van der Waals surface area (Å²) >= 11 is 0. The van der Waals surface area contributed by atoms with Gasteiger partial charge in [-0.3, -0.25) is 4.79 Å². The van der Waals surface area contributed by atoms with E-state index in [1.165, 1.54) is 23.8 Å². The summed E-state index contributed by atoms with van der Waals surface area (Å²) in [6.45, 7) is 0.910. The summed E-state index contributed by atoms with van der Waals surface area (Å²) in [6.07, 6.45) is 0.936. The maximum absolute atomic E-state index is 12.1. The van der Waals surface area contributed by atoms with E-state index in [-0.39, 0.29) is 23.0 Å².